The van der Waals surface area contributed by atoms with E-state index in [-0.39, 0.29) is 18.5 Å². The van der Waals surface area contributed by atoms with Crippen molar-refractivity contribution in [3.63, 3.8) is 0 Å². The third kappa shape index (κ3) is 4.60. The van der Waals surface area contributed by atoms with Gasteiger partial charge in [0, 0.05) is 37.9 Å². The predicted molar refractivity (Wildman–Crippen MR) is 67.2 cm³/mol. The molecule has 18 heavy (non-hydrogen) atoms. The minimum Gasteiger partial charge on any atom is -0.497 e. The minimum absolute atomic E-state index is 0.0153. The molecule has 102 valence electrons. The summed E-state index contributed by atoms with van der Waals surface area (Å²) in [5.41, 5.74) is 0.565. The van der Waals surface area contributed by atoms with Crippen LogP contribution in [0.5, 0.6) is 5.75 Å². The van der Waals surface area contributed by atoms with E-state index in [0.717, 1.165) is 0 Å². The van der Waals surface area contributed by atoms with Crippen molar-refractivity contribution in [2.45, 2.75) is 19.0 Å². The van der Waals surface area contributed by atoms with E-state index >= 15 is 0 Å². The Bertz CT molecular complexity index is 354. The Morgan fingerprint density at radius 3 is 2.72 bits per heavy atom. The second kappa shape index (κ2) is 8.02. The van der Waals surface area contributed by atoms with Crippen molar-refractivity contribution in [1.29, 1.82) is 0 Å². The van der Waals surface area contributed by atoms with Crippen LogP contribution in [0, 0.1) is 5.82 Å². The van der Waals surface area contributed by atoms with Crippen molar-refractivity contribution in [2.24, 2.45) is 0 Å². The molecule has 0 spiro atoms. The SMILES string of the molecule is COCC(CCO)NCc1ccc(OC)cc1F. The fourth-order valence-corrected chi connectivity index (χ4v) is 1.65. The summed E-state index contributed by atoms with van der Waals surface area (Å²) in [5.74, 6) is 0.196. The molecule has 0 heterocycles. The molecule has 0 bridgehead atoms. The standard InChI is InChI=1S/C13H20FNO3/c1-17-9-11(5-6-16)15-8-10-3-4-12(18-2)7-13(10)14/h3-4,7,11,15-16H,5-6,8-9H2,1-2H3. The lowest BCUT2D eigenvalue weighted by Crippen LogP contribution is -2.33. The van der Waals surface area contributed by atoms with Crippen LogP contribution in [-0.2, 0) is 11.3 Å². The molecule has 0 aliphatic carbocycles. The Hall–Kier alpha value is -1.17. The Morgan fingerprint density at radius 1 is 1.39 bits per heavy atom. The number of hydrogen-bond donors (Lipinski definition) is 2. The van der Waals surface area contributed by atoms with E-state index in [1.807, 2.05) is 0 Å². The van der Waals surface area contributed by atoms with Crippen LogP contribution in [0.3, 0.4) is 0 Å². The van der Waals surface area contributed by atoms with Gasteiger partial charge in [0.1, 0.15) is 11.6 Å². The molecule has 0 aliphatic heterocycles. The number of aliphatic hydroxyl groups excluding tert-OH is 1. The van der Waals surface area contributed by atoms with E-state index in [4.69, 9.17) is 14.6 Å². The van der Waals surface area contributed by atoms with Gasteiger partial charge in [-0.15, -0.1) is 0 Å². The first-order valence-corrected chi connectivity index (χ1v) is 5.86. The summed E-state index contributed by atoms with van der Waals surface area (Å²) < 4.78 is 23.6. The Morgan fingerprint density at radius 2 is 2.17 bits per heavy atom. The minimum atomic E-state index is -0.304. The van der Waals surface area contributed by atoms with Gasteiger partial charge in [0.15, 0.2) is 0 Å². The molecule has 1 aromatic rings. The third-order valence-corrected chi connectivity index (χ3v) is 2.69. The number of nitrogens with one attached hydrogen (secondary N) is 1. The molecule has 1 rings (SSSR count). The van der Waals surface area contributed by atoms with Gasteiger partial charge in [-0.3, -0.25) is 0 Å². The highest BCUT2D eigenvalue weighted by molar-refractivity contribution is 5.28. The smallest absolute Gasteiger partial charge is 0.131 e. The first-order valence-electron chi connectivity index (χ1n) is 5.86. The van der Waals surface area contributed by atoms with Gasteiger partial charge >= 0.3 is 0 Å². The average Bonchev–Trinajstić information content (AvgIpc) is 2.37. The van der Waals surface area contributed by atoms with Crippen LogP contribution < -0.4 is 10.1 Å². The maximum Gasteiger partial charge on any atom is 0.131 e. The summed E-state index contributed by atoms with van der Waals surface area (Å²) in [4.78, 5) is 0. The molecular weight excluding hydrogens is 237 g/mol. The van der Waals surface area contributed by atoms with E-state index in [1.165, 1.54) is 13.2 Å². The van der Waals surface area contributed by atoms with Crippen molar-refractivity contribution >= 4 is 0 Å². The van der Waals surface area contributed by atoms with Crippen LogP contribution in [0.2, 0.25) is 0 Å². The first kappa shape index (κ1) is 14.9. The number of benzene rings is 1. The number of rotatable bonds is 8. The van der Waals surface area contributed by atoms with Gasteiger partial charge in [0.05, 0.1) is 13.7 Å². The molecule has 0 fully saturated rings. The highest BCUT2D eigenvalue weighted by Crippen LogP contribution is 2.16. The third-order valence-electron chi connectivity index (χ3n) is 2.69. The second-order valence-electron chi connectivity index (χ2n) is 4.00. The van der Waals surface area contributed by atoms with Crippen molar-refractivity contribution < 1.29 is 19.0 Å². The largest absolute Gasteiger partial charge is 0.497 e. The molecule has 1 aromatic carbocycles. The Kier molecular flexibility index (Phi) is 6.64. The molecule has 1 atom stereocenters. The van der Waals surface area contributed by atoms with Gasteiger partial charge in [-0.1, -0.05) is 6.07 Å². The van der Waals surface area contributed by atoms with Gasteiger partial charge in [0.25, 0.3) is 0 Å². The summed E-state index contributed by atoms with van der Waals surface area (Å²) in [6.07, 6.45) is 0.575. The van der Waals surface area contributed by atoms with E-state index < -0.39 is 0 Å². The van der Waals surface area contributed by atoms with E-state index in [0.29, 0.717) is 30.9 Å². The lowest BCUT2D eigenvalue weighted by molar-refractivity contribution is 0.148. The summed E-state index contributed by atoms with van der Waals surface area (Å²) in [5, 5.41) is 12.0. The molecule has 2 N–H and O–H groups in total. The van der Waals surface area contributed by atoms with Crippen molar-refractivity contribution in [3.05, 3.63) is 29.6 Å². The zero-order valence-electron chi connectivity index (χ0n) is 10.8. The molecule has 4 nitrogen and oxygen atoms in total. The van der Waals surface area contributed by atoms with Crippen molar-refractivity contribution in [2.75, 3.05) is 27.4 Å². The maximum atomic E-state index is 13.7. The maximum absolute atomic E-state index is 13.7. The molecule has 0 amide bonds. The average molecular weight is 257 g/mol. The fraction of sp³-hybridized carbons (Fsp3) is 0.538. The number of methoxy groups -OCH3 is 2. The van der Waals surface area contributed by atoms with Gasteiger partial charge in [-0.25, -0.2) is 4.39 Å². The Balaban J connectivity index is 2.55. The number of ether oxygens (including phenoxy) is 2. The summed E-state index contributed by atoms with van der Waals surface area (Å²) in [6.45, 7) is 0.953. The van der Waals surface area contributed by atoms with Crippen molar-refractivity contribution in [1.82, 2.24) is 5.32 Å². The van der Waals surface area contributed by atoms with Crippen LogP contribution in [0.4, 0.5) is 4.39 Å². The summed E-state index contributed by atoms with van der Waals surface area (Å²) >= 11 is 0. The van der Waals surface area contributed by atoms with Crippen LogP contribution in [-0.4, -0.2) is 38.6 Å². The number of halogens is 1. The van der Waals surface area contributed by atoms with Crippen LogP contribution in [0.25, 0.3) is 0 Å². The van der Waals surface area contributed by atoms with Gasteiger partial charge in [0.2, 0.25) is 0 Å². The highest BCUT2D eigenvalue weighted by atomic mass is 19.1. The van der Waals surface area contributed by atoms with Gasteiger partial charge < -0.3 is 19.9 Å². The molecule has 0 saturated carbocycles. The summed E-state index contributed by atoms with van der Waals surface area (Å²) in [7, 11) is 3.10. The topological polar surface area (TPSA) is 50.7 Å². The monoisotopic (exact) mass is 257 g/mol. The molecule has 5 heteroatoms. The lowest BCUT2D eigenvalue weighted by Gasteiger charge is -2.17. The van der Waals surface area contributed by atoms with Gasteiger partial charge in [-0.05, 0) is 12.5 Å². The second-order valence-corrected chi connectivity index (χ2v) is 4.00. The van der Waals surface area contributed by atoms with E-state index in [2.05, 4.69) is 5.32 Å². The normalized spacial score (nSPS) is 12.4. The zero-order chi connectivity index (χ0) is 13.4. The van der Waals surface area contributed by atoms with Crippen molar-refractivity contribution in [3.8, 4) is 5.75 Å². The molecular formula is C13H20FNO3. The molecule has 0 aromatic heterocycles. The number of hydrogen-bond acceptors (Lipinski definition) is 4. The molecule has 0 saturated heterocycles. The van der Waals surface area contributed by atoms with Crippen LogP contribution in [0.1, 0.15) is 12.0 Å². The van der Waals surface area contributed by atoms with Gasteiger partial charge in [-0.2, -0.15) is 0 Å². The summed E-state index contributed by atoms with van der Waals surface area (Å²) in [6, 6.07) is 4.78. The van der Waals surface area contributed by atoms with E-state index in [1.54, 1.807) is 19.2 Å². The highest BCUT2D eigenvalue weighted by Gasteiger charge is 2.09. The molecule has 0 aliphatic rings. The van der Waals surface area contributed by atoms with E-state index in [9.17, 15) is 4.39 Å². The molecule has 0 radical (unpaired) electrons. The van der Waals surface area contributed by atoms with Crippen LogP contribution in [0.15, 0.2) is 18.2 Å². The van der Waals surface area contributed by atoms with Crippen LogP contribution >= 0.6 is 0 Å². The predicted octanol–water partition coefficient (Wildman–Crippen LogP) is 1.32. The Labute approximate surface area is 107 Å². The number of aliphatic hydroxyl groups is 1. The first-order chi connectivity index (χ1) is 8.71. The fourth-order valence-electron chi connectivity index (χ4n) is 1.65. The quantitative estimate of drug-likeness (QED) is 0.737. The molecule has 1 unspecified atom stereocenters. The lowest BCUT2D eigenvalue weighted by atomic mass is 10.1. The zero-order valence-corrected chi connectivity index (χ0v) is 10.8.